The molecule has 4 heteroatoms. The molecule has 2 heterocycles. The van der Waals surface area contributed by atoms with Gasteiger partial charge >= 0.3 is 0 Å². The lowest BCUT2D eigenvalue weighted by molar-refractivity contribution is 0.272. The normalized spacial score (nSPS) is 11.2. The first kappa shape index (κ1) is 8.74. The van der Waals surface area contributed by atoms with Crippen molar-refractivity contribution in [3.05, 3.63) is 36.5 Å². The Morgan fingerprint density at radius 2 is 2.43 bits per heavy atom. The zero-order valence-electron chi connectivity index (χ0n) is 7.92. The fraction of sp³-hybridized carbons (Fsp3) is 0.200. The molecule has 0 radical (unpaired) electrons. The van der Waals surface area contributed by atoms with Gasteiger partial charge in [-0.15, -0.1) is 10.2 Å². The van der Waals surface area contributed by atoms with E-state index < -0.39 is 0 Å². The molecule has 0 atom stereocenters. The number of pyridine rings is 1. The fourth-order valence-corrected chi connectivity index (χ4v) is 1.17. The van der Waals surface area contributed by atoms with Gasteiger partial charge in [-0.3, -0.25) is 4.40 Å². The highest BCUT2D eigenvalue weighted by molar-refractivity contribution is 5.51. The van der Waals surface area contributed by atoms with Crippen LogP contribution in [0.3, 0.4) is 0 Å². The quantitative estimate of drug-likeness (QED) is 0.690. The number of rotatable bonds is 3. The Morgan fingerprint density at radius 3 is 3.29 bits per heavy atom. The van der Waals surface area contributed by atoms with Crippen LogP contribution in [0.4, 0.5) is 0 Å². The van der Waals surface area contributed by atoms with Crippen LogP contribution in [0, 0.1) is 0 Å². The van der Waals surface area contributed by atoms with E-state index in [1.54, 1.807) is 12.6 Å². The lowest BCUT2D eigenvalue weighted by Crippen LogP contribution is -1.84. The summed E-state index contributed by atoms with van der Waals surface area (Å²) >= 11 is 0. The van der Waals surface area contributed by atoms with Crippen LogP contribution >= 0.6 is 0 Å². The molecule has 14 heavy (non-hydrogen) atoms. The summed E-state index contributed by atoms with van der Waals surface area (Å²) in [5.41, 5.74) is 1.91. The maximum Gasteiger partial charge on any atom is 0.160 e. The Balaban J connectivity index is 2.25. The number of nitrogens with zero attached hydrogens (tertiary/aromatic N) is 3. The van der Waals surface area contributed by atoms with Crippen LogP contribution in [-0.4, -0.2) is 21.2 Å². The van der Waals surface area contributed by atoms with E-state index in [9.17, 15) is 0 Å². The van der Waals surface area contributed by atoms with Gasteiger partial charge in [-0.05, 0) is 30.7 Å². The highest BCUT2D eigenvalue weighted by Crippen LogP contribution is 2.05. The molecular formula is C10H11N3O. The molecule has 0 fully saturated rings. The third-order valence-corrected chi connectivity index (χ3v) is 1.84. The van der Waals surface area contributed by atoms with Crippen molar-refractivity contribution in [2.75, 3.05) is 6.61 Å². The van der Waals surface area contributed by atoms with E-state index in [1.807, 2.05) is 35.7 Å². The Hall–Kier alpha value is -1.84. The van der Waals surface area contributed by atoms with E-state index >= 15 is 0 Å². The summed E-state index contributed by atoms with van der Waals surface area (Å²) in [4.78, 5) is 0. The predicted molar refractivity (Wildman–Crippen MR) is 53.6 cm³/mol. The number of hydrogen-bond acceptors (Lipinski definition) is 3. The number of aromatic nitrogens is 3. The van der Waals surface area contributed by atoms with E-state index in [0.717, 1.165) is 11.2 Å². The van der Waals surface area contributed by atoms with Crippen molar-refractivity contribution in [2.45, 2.75) is 6.92 Å². The zero-order chi connectivity index (χ0) is 9.80. The zero-order valence-corrected chi connectivity index (χ0v) is 7.92. The van der Waals surface area contributed by atoms with E-state index in [-0.39, 0.29) is 0 Å². The largest absolute Gasteiger partial charge is 0.501 e. The van der Waals surface area contributed by atoms with E-state index in [0.29, 0.717) is 6.61 Å². The molecule has 0 unspecified atom stereocenters. The predicted octanol–water partition coefficient (Wildman–Crippen LogP) is 1.74. The summed E-state index contributed by atoms with van der Waals surface area (Å²) in [7, 11) is 0. The minimum atomic E-state index is 0.686. The van der Waals surface area contributed by atoms with Gasteiger partial charge in [0.1, 0.15) is 6.33 Å². The van der Waals surface area contributed by atoms with Crippen molar-refractivity contribution in [1.29, 1.82) is 0 Å². The second-order valence-electron chi connectivity index (χ2n) is 2.82. The summed E-state index contributed by atoms with van der Waals surface area (Å²) in [6, 6.07) is 3.89. The summed E-state index contributed by atoms with van der Waals surface area (Å²) < 4.78 is 6.98. The molecule has 4 nitrogen and oxygen atoms in total. The maximum absolute atomic E-state index is 5.11. The lowest BCUT2D eigenvalue weighted by atomic mass is 10.3. The molecule has 2 rings (SSSR count). The lowest BCUT2D eigenvalue weighted by Gasteiger charge is -1.96. The molecule has 0 amide bonds. The summed E-state index contributed by atoms with van der Waals surface area (Å²) in [5.74, 6) is 0. The molecule has 0 aliphatic carbocycles. The van der Waals surface area contributed by atoms with Crippen molar-refractivity contribution in [3.8, 4) is 0 Å². The molecule has 0 aromatic carbocycles. The van der Waals surface area contributed by atoms with Crippen molar-refractivity contribution in [1.82, 2.24) is 14.6 Å². The van der Waals surface area contributed by atoms with Crippen molar-refractivity contribution < 1.29 is 4.74 Å². The van der Waals surface area contributed by atoms with Gasteiger partial charge in [-0.1, -0.05) is 0 Å². The molecule has 0 N–H and O–H groups in total. The molecule has 2 aromatic rings. The molecule has 72 valence electrons. The minimum absolute atomic E-state index is 0.686. The van der Waals surface area contributed by atoms with Gasteiger partial charge in [0, 0.05) is 6.20 Å². The molecular weight excluding hydrogens is 178 g/mol. The Labute approximate surface area is 81.8 Å². The second kappa shape index (κ2) is 3.91. The van der Waals surface area contributed by atoms with Gasteiger partial charge in [0.15, 0.2) is 5.65 Å². The summed E-state index contributed by atoms with van der Waals surface area (Å²) in [6.45, 7) is 2.64. The van der Waals surface area contributed by atoms with Gasteiger partial charge in [-0.2, -0.15) is 0 Å². The maximum atomic E-state index is 5.11. The summed E-state index contributed by atoms with van der Waals surface area (Å²) in [6.07, 6.45) is 7.21. The number of fused-ring (bicyclic) bond motifs is 1. The topological polar surface area (TPSA) is 39.4 Å². The molecule has 0 aliphatic heterocycles. The van der Waals surface area contributed by atoms with Crippen LogP contribution in [0.15, 0.2) is 30.9 Å². The van der Waals surface area contributed by atoms with E-state index in [2.05, 4.69) is 10.2 Å². The fourth-order valence-electron chi connectivity index (χ4n) is 1.17. The molecule has 0 spiro atoms. The number of hydrogen-bond donors (Lipinski definition) is 0. The molecule has 0 bridgehead atoms. The first-order valence-corrected chi connectivity index (χ1v) is 4.47. The van der Waals surface area contributed by atoms with Gasteiger partial charge in [0.05, 0.1) is 12.9 Å². The van der Waals surface area contributed by atoms with E-state index in [4.69, 9.17) is 4.74 Å². The van der Waals surface area contributed by atoms with E-state index in [1.165, 1.54) is 0 Å². The first-order chi connectivity index (χ1) is 6.90. The van der Waals surface area contributed by atoms with Gasteiger partial charge in [0.25, 0.3) is 0 Å². The van der Waals surface area contributed by atoms with Gasteiger partial charge < -0.3 is 4.74 Å². The van der Waals surface area contributed by atoms with Crippen LogP contribution in [0.1, 0.15) is 12.5 Å². The molecule has 0 aliphatic rings. The highest BCUT2D eigenvalue weighted by Gasteiger charge is 1.93. The Bertz CT molecular complexity index is 447. The van der Waals surface area contributed by atoms with Crippen LogP contribution in [0.5, 0.6) is 0 Å². The molecule has 2 aromatic heterocycles. The standard InChI is InChI=1S/C10H11N3O/c1-2-14-6-5-9-3-4-10-12-11-8-13(10)7-9/h3-8H,2H2,1H3/b6-5+. The highest BCUT2D eigenvalue weighted by atomic mass is 16.5. The molecule has 0 saturated carbocycles. The van der Waals surface area contributed by atoms with Gasteiger partial charge in [-0.25, -0.2) is 0 Å². The minimum Gasteiger partial charge on any atom is -0.501 e. The average Bonchev–Trinajstić information content (AvgIpc) is 2.65. The third kappa shape index (κ3) is 1.74. The average molecular weight is 189 g/mol. The smallest absolute Gasteiger partial charge is 0.160 e. The number of ether oxygens (including phenoxy) is 1. The SMILES string of the molecule is CCO/C=C/c1ccc2nncn2c1. The van der Waals surface area contributed by atoms with Crippen LogP contribution in [0.25, 0.3) is 11.7 Å². The Kier molecular flexibility index (Phi) is 2.44. The monoisotopic (exact) mass is 189 g/mol. The Morgan fingerprint density at radius 1 is 1.50 bits per heavy atom. The van der Waals surface area contributed by atoms with Crippen molar-refractivity contribution in [3.63, 3.8) is 0 Å². The molecule has 0 saturated heterocycles. The van der Waals surface area contributed by atoms with Crippen molar-refractivity contribution in [2.24, 2.45) is 0 Å². The van der Waals surface area contributed by atoms with Crippen molar-refractivity contribution >= 4 is 11.7 Å². The van der Waals surface area contributed by atoms with Crippen LogP contribution in [0.2, 0.25) is 0 Å². The van der Waals surface area contributed by atoms with Crippen LogP contribution in [-0.2, 0) is 4.74 Å². The first-order valence-electron chi connectivity index (χ1n) is 4.47. The summed E-state index contributed by atoms with van der Waals surface area (Å²) in [5, 5.41) is 7.71. The second-order valence-corrected chi connectivity index (χ2v) is 2.82. The third-order valence-electron chi connectivity index (χ3n) is 1.84. The van der Waals surface area contributed by atoms with Crippen LogP contribution < -0.4 is 0 Å². The van der Waals surface area contributed by atoms with Gasteiger partial charge in [0.2, 0.25) is 0 Å².